The molecule has 166 valence electrons. The Kier molecular flexibility index (Phi) is 6.31. The molecule has 1 aromatic heterocycles. The lowest BCUT2D eigenvalue weighted by molar-refractivity contribution is -0.151. The number of hydrogen-bond donors (Lipinski definition) is 3. The topological polar surface area (TPSA) is 131 Å². The van der Waals surface area contributed by atoms with Gasteiger partial charge in [-0.25, -0.2) is 4.79 Å². The fourth-order valence-electron chi connectivity index (χ4n) is 3.73. The van der Waals surface area contributed by atoms with Crippen molar-refractivity contribution in [2.24, 2.45) is 0 Å². The Labute approximate surface area is 182 Å². The highest BCUT2D eigenvalue weighted by atomic mass is 16.6. The number of ether oxygens (including phenoxy) is 2. The second-order valence-corrected chi connectivity index (χ2v) is 7.45. The Balaban J connectivity index is 1.50. The summed E-state index contributed by atoms with van der Waals surface area (Å²) in [5.41, 5.74) is 0.0980. The summed E-state index contributed by atoms with van der Waals surface area (Å²) in [6.45, 7) is -0.332. The number of aliphatic hydroxyl groups excluding tert-OH is 2. The number of carbonyl (C=O) groups excluding carboxylic acids is 1. The second kappa shape index (κ2) is 9.31. The van der Waals surface area contributed by atoms with Crippen molar-refractivity contribution in [1.29, 1.82) is 0 Å². The number of nitrogens with zero attached hydrogens (tertiary/aromatic N) is 1. The molecule has 3 aromatic rings. The van der Waals surface area contributed by atoms with Gasteiger partial charge in [-0.15, -0.1) is 0 Å². The molecule has 1 aliphatic heterocycles. The average Bonchev–Trinajstić information content (AvgIpc) is 3.08. The summed E-state index contributed by atoms with van der Waals surface area (Å²) < 4.78 is 12.0. The molecular formula is C23H22N2O7. The molecule has 0 radical (unpaired) electrons. The number of benzene rings is 2. The molecule has 1 saturated heterocycles. The molecule has 3 N–H and O–H groups in total. The smallest absolute Gasteiger partial charge is 0.330 e. The van der Waals surface area contributed by atoms with Crippen LogP contribution in [0.4, 0.5) is 0 Å². The van der Waals surface area contributed by atoms with Gasteiger partial charge in [0.15, 0.2) is 6.23 Å². The number of H-pyrrole nitrogens is 1. The number of hydrogen-bond acceptors (Lipinski definition) is 7. The van der Waals surface area contributed by atoms with E-state index in [0.29, 0.717) is 0 Å². The first kappa shape index (κ1) is 21.7. The fourth-order valence-corrected chi connectivity index (χ4v) is 3.73. The van der Waals surface area contributed by atoms with Crippen LogP contribution in [0.15, 0.2) is 82.5 Å². The highest BCUT2D eigenvalue weighted by Crippen LogP contribution is 2.30. The number of aromatic amines is 1. The van der Waals surface area contributed by atoms with Crippen LogP contribution in [0.25, 0.3) is 0 Å². The third-order valence-corrected chi connectivity index (χ3v) is 5.35. The standard InChI is InChI=1S/C23H22N2O7/c26-17-11-12-25(23(30)24-17)21-20(28)19(27)16(32-21)13-31-22(29)18(14-7-3-1-4-8-14)15-9-5-2-6-10-15/h1-12,16,18-21,27-28H,13H2,(H,24,26,30). The minimum Gasteiger partial charge on any atom is -0.462 e. The Morgan fingerprint density at radius 2 is 1.56 bits per heavy atom. The molecule has 1 fully saturated rings. The molecule has 0 bridgehead atoms. The van der Waals surface area contributed by atoms with Gasteiger partial charge in [0, 0.05) is 12.3 Å². The first-order valence-electron chi connectivity index (χ1n) is 10.1. The van der Waals surface area contributed by atoms with E-state index in [-0.39, 0.29) is 6.61 Å². The second-order valence-electron chi connectivity index (χ2n) is 7.45. The molecule has 9 nitrogen and oxygen atoms in total. The molecule has 2 aromatic carbocycles. The van der Waals surface area contributed by atoms with Gasteiger partial charge in [-0.05, 0) is 11.1 Å². The van der Waals surface area contributed by atoms with E-state index in [1.165, 1.54) is 0 Å². The van der Waals surface area contributed by atoms with Crippen molar-refractivity contribution in [2.75, 3.05) is 6.61 Å². The molecule has 4 rings (SSSR count). The summed E-state index contributed by atoms with van der Waals surface area (Å²) in [7, 11) is 0. The van der Waals surface area contributed by atoms with Gasteiger partial charge >= 0.3 is 11.7 Å². The molecule has 4 unspecified atom stereocenters. The van der Waals surface area contributed by atoms with Crippen LogP contribution in [0.3, 0.4) is 0 Å². The lowest BCUT2D eigenvalue weighted by atomic mass is 9.91. The van der Waals surface area contributed by atoms with E-state index in [4.69, 9.17) is 9.47 Å². The van der Waals surface area contributed by atoms with E-state index in [1.807, 2.05) is 60.7 Å². The molecular weight excluding hydrogens is 416 g/mol. The molecule has 0 spiro atoms. The largest absolute Gasteiger partial charge is 0.462 e. The Bertz CT molecular complexity index is 1140. The molecule has 0 amide bonds. The molecule has 1 aliphatic rings. The SMILES string of the molecule is O=C(OCC1OC(n2ccc(=O)[nH]c2=O)C(O)C1O)C(c1ccccc1)c1ccccc1. The van der Waals surface area contributed by atoms with E-state index < -0.39 is 47.7 Å². The highest BCUT2D eigenvalue weighted by molar-refractivity contribution is 5.82. The average molecular weight is 438 g/mol. The van der Waals surface area contributed by atoms with Gasteiger partial charge in [0.1, 0.15) is 30.8 Å². The number of rotatable bonds is 6. The van der Waals surface area contributed by atoms with Crippen LogP contribution in [0.2, 0.25) is 0 Å². The first-order valence-corrected chi connectivity index (χ1v) is 10.1. The van der Waals surface area contributed by atoms with E-state index >= 15 is 0 Å². The van der Waals surface area contributed by atoms with Crippen LogP contribution in [0.1, 0.15) is 23.3 Å². The minimum atomic E-state index is -1.46. The van der Waals surface area contributed by atoms with Gasteiger partial charge in [0.2, 0.25) is 0 Å². The third kappa shape index (κ3) is 4.40. The van der Waals surface area contributed by atoms with E-state index in [0.717, 1.165) is 28.0 Å². The summed E-state index contributed by atoms with van der Waals surface area (Å²) in [5.74, 6) is -1.23. The van der Waals surface area contributed by atoms with Gasteiger partial charge < -0.3 is 19.7 Å². The van der Waals surface area contributed by atoms with Crippen molar-refractivity contribution in [3.05, 3.63) is 105 Å². The van der Waals surface area contributed by atoms with E-state index in [2.05, 4.69) is 4.98 Å². The van der Waals surface area contributed by atoms with Crippen LogP contribution in [-0.2, 0) is 14.3 Å². The van der Waals surface area contributed by atoms with Gasteiger partial charge in [0.05, 0.1) is 0 Å². The lowest BCUT2D eigenvalue weighted by Crippen LogP contribution is -2.37. The van der Waals surface area contributed by atoms with Crippen LogP contribution in [0, 0.1) is 0 Å². The monoisotopic (exact) mass is 438 g/mol. The van der Waals surface area contributed by atoms with Gasteiger partial charge in [-0.3, -0.25) is 19.1 Å². The van der Waals surface area contributed by atoms with Crippen LogP contribution < -0.4 is 11.2 Å². The summed E-state index contributed by atoms with van der Waals surface area (Å²) in [6.07, 6.45) is -4.00. The summed E-state index contributed by atoms with van der Waals surface area (Å²) in [4.78, 5) is 38.3. The number of nitrogens with one attached hydrogen (secondary N) is 1. The zero-order chi connectivity index (χ0) is 22.7. The van der Waals surface area contributed by atoms with Crippen molar-refractivity contribution in [2.45, 2.75) is 30.5 Å². The summed E-state index contributed by atoms with van der Waals surface area (Å²) in [5, 5.41) is 20.7. The highest BCUT2D eigenvalue weighted by Gasteiger charge is 2.45. The molecule has 0 saturated carbocycles. The maximum Gasteiger partial charge on any atom is 0.330 e. The fraction of sp³-hybridized carbons (Fsp3) is 0.261. The zero-order valence-corrected chi connectivity index (χ0v) is 16.9. The van der Waals surface area contributed by atoms with Gasteiger partial charge in [-0.1, -0.05) is 60.7 Å². The Hall–Kier alpha value is -3.53. The Morgan fingerprint density at radius 1 is 0.969 bits per heavy atom. The molecule has 2 heterocycles. The maximum atomic E-state index is 13.0. The predicted molar refractivity (Wildman–Crippen MR) is 113 cm³/mol. The van der Waals surface area contributed by atoms with Crippen molar-refractivity contribution in [1.82, 2.24) is 9.55 Å². The third-order valence-electron chi connectivity index (χ3n) is 5.35. The van der Waals surface area contributed by atoms with Gasteiger partial charge in [-0.2, -0.15) is 0 Å². The number of carbonyl (C=O) groups is 1. The predicted octanol–water partition coefficient (Wildman–Crippen LogP) is 0.531. The first-order chi connectivity index (χ1) is 15.5. The van der Waals surface area contributed by atoms with Crippen molar-refractivity contribution in [3.8, 4) is 0 Å². The van der Waals surface area contributed by atoms with E-state index in [1.54, 1.807) is 0 Å². The zero-order valence-electron chi connectivity index (χ0n) is 16.9. The molecule has 4 atom stereocenters. The molecule has 0 aliphatic carbocycles. The van der Waals surface area contributed by atoms with Crippen molar-refractivity contribution in [3.63, 3.8) is 0 Å². The number of aromatic nitrogens is 2. The van der Waals surface area contributed by atoms with Crippen LogP contribution >= 0.6 is 0 Å². The maximum absolute atomic E-state index is 13.0. The Morgan fingerprint density at radius 3 is 2.12 bits per heavy atom. The summed E-state index contributed by atoms with van der Waals surface area (Å²) in [6, 6.07) is 19.4. The lowest BCUT2D eigenvalue weighted by Gasteiger charge is -2.20. The normalized spacial score (nSPS) is 22.7. The quantitative estimate of drug-likeness (QED) is 0.479. The van der Waals surface area contributed by atoms with Crippen molar-refractivity contribution >= 4 is 5.97 Å². The molecule has 9 heteroatoms. The van der Waals surface area contributed by atoms with Crippen molar-refractivity contribution < 1.29 is 24.5 Å². The van der Waals surface area contributed by atoms with Crippen LogP contribution in [-0.4, -0.2) is 50.7 Å². The number of aliphatic hydroxyl groups is 2. The van der Waals surface area contributed by atoms with Gasteiger partial charge in [0.25, 0.3) is 5.56 Å². The number of esters is 1. The molecule has 32 heavy (non-hydrogen) atoms. The minimum absolute atomic E-state index is 0.332. The van der Waals surface area contributed by atoms with Crippen LogP contribution in [0.5, 0.6) is 0 Å². The van der Waals surface area contributed by atoms with E-state index in [9.17, 15) is 24.6 Å². The summed E-state index contributed by atoms with van der Waals surface area (Å²) >= 11 is 0.